The molecule has 3 aromatic rings. The van der Waals surface area contributed by atoms with E-state index >= 15 is 0 Å². The highest BCUT2D eigenvalue weighted by Gasteiger charge is 2.37. The van der Waals surface area contributed by atoms with Gasteiger partial charge in [-0.3, -0.25) is 14.2 Å². The lowest BCUT2D eigenvalue weighted by Gasteiger charge is -2.31. The Hall–Kier alpha value is -3.15. The fourth-order valence-corrected chi connectivity index (χ4v) is 4.06. The zero-order chi connectivity index (χ0) is 21.3. The minimum Gasteiger partial charge on any atom is -0.495 e. The number of nitrogens with zero attached hydrogens (tertiary/aromatic N) is 3. The normalized spacial score (nSPS) is 14.5. The Morgan fingerprint density at radius 3 is 2.53 bits per heavy atom. The molecule has 0 bridgehead atoms. The molecule has 1 aliphatic rings. The summed E-state index contributed by atoms with van der Waals surface area (Å²) < 4.78 is 7.17. The van der Waals surface area contributed by atoms with Crippen molar-refractivity contribution < 1.29 is 9.53 Å². The van der Waals surface area contributed by atoms with E-state index in [2.05, 4.69) is 0 Å². The van der Waals surface area contributed by atoms with Crippen molar-refractivity contribution in [3.05, 3.63) is 64.7 Å². The van der Waals surface area contributed by atoms with Gasteiger partial charge in [-0.25, -0.2) is 4.98 Å². The molecule has 1 unspecified atom stereocenters. The zero-order valence-electron chi connectivity index (χ0n) is 17.7. The summed E-state index contributed by atoms with van der Waals surface area (Å²) >= 11 is 0. The topological polar surface area (TPSA) is 64.4 Å². The van der Waals surface area contributed by atoms with Crippen LogP contribution >= 0.6 is 0 Å². The molecule has 1 amide bonds. The van der Waals surface area contributed by atoms with E-state index in [0.717, 1.165) is 12.8 Å². The molecule has 2 aromatic carbocycles. The molecule has 0 aliphatic heterocycles. The second-order valence-electron chi connectivity index (χ2n) is 7.62. The molecule has 156 valence electrons. The monoisotopic (exact) mass is 405 g/mol. The van der Waals surface area contributed by atoms with Crippen LogP contribution < -0.4 is 10.3 Å². The van der Waals surface area contributed by atoms with Crippen LogP contribution in [-0.2, 0) is 4.79 Å². The highest BCUT2D eigenvalue weighted by molar-refractivity contribution is 5.82. The molecule has 30 heavy (non-hydrogen) atoms. The van der Waals surface area contributed by atoms with Crippen LogP contribution in [0.5, 0.6) is 5.75 Å². The van der Waals surface area contributed by atoms with Gasteiger partial charge in [0.05, 0.1) is 29.7 Å². The fourth-order valence-electron chi connectivity index (χ4n) is 4.06. The molecular weight excluding hydrogens is 378 g/mol. The summed E-state index contributed by atoms with van der Waals surface area (Å²) in [5.74, 6) is 1.41. The van der Waals surface area contributed by atoms with Gasteiger partial charge in [0.2, 0.25) is 5.91 Å². The summed E-state index contributed by atoms with van der Waals surface area (Å²) in [4.78, 5) is 33.4. The van der Waals surface area contributed by atoms with Gasteiger partial charge in [0.15, 0.2) is 0 Å². The van der Waals surface area contributed by atoms with Crippen LogP contribution in [0.2, 0.25) is 0 Å². The number of para-hydroxylation sites is 3. The molecule has 0 radical (unpaired) electrons. The molecule has 1 atom stereocenters. The van der Waals surface area contributed by atoms with E-state index in [1.54, 1.807) is 17.7 Å². The van der Waals surface area contributed by atoms with Gasteiger partial charge in [0, 0.05) is 12.5 Å². The fraction of sp³-hybridized carbons (Fsp3) is 0.375. The number of hydrogen-bond acceptors (Lipinski definition) is 4. The Morgan fingerprint density at radius 1 is 1.17 bits per heavy atom. The van der Waals surface area contributed by atoms with Crippen LogP contribution in [0, 0.1) is 5.92 Å². The van der Waals surface area contributed by atoms with E-state index < -0.39 is 0 Å². The first-order chi connectivity index (χ1) is 14.6. The van der Waals surface area contributed by atoms with Gasteiger partial charge in [0.25, 0.3) is 5.56 Å². The van der Waals surface area contributed by atoms with E-state index in [0.29, 0.717) is 41.1 Å². The second-order valence-corrected chi connectivity index (χ2v) is 7.62. The Labute approximate surface area is 176 Å². The summed E-state index contributed by atoms with van der Waals surface area (Å²) in [5, 5.41) is 0.540. The molecule has 1 fully saturated rings. The van der Waals surface area contributed by atoms with Crippen LogP contribution in [0.15, 0.2) is 53.3 Å². The standard InChI is InChI=1S/C24H27N3O3/c1-4-19(26(5-2)23(28)16-14-15-16)22-25-18-11-7-6-10-17(18)24(29)27(22)20-12-8-9-13-21(20)30-3/h6-13,16,19H,4-5,14-15H2,1-3H3. The molecule has 0 N–H and O–H groups in total. The quantitative estimate of drug-likeness (QED) is 0.594. The third-order valence-corrected chi connectivity index (χ3v) is 5.74. The predicted molar refractivity (Wildman–Crippen MR) is 117 cm³/mol. The maximum absolute atomic E-state index is 13.6. The van der Waals surface area contributed by atoms with Crippen molar-refractivity contribution in [1.29, 1.82) is 0 Å². The molecule has 6 heteroatoms. The predicted octanol–water partition coefficient (Wildman–Crippen LogP) is 4.10. The van der Waals surface area contributed by atoms with E-state index in [9.17, 15) is 9.59 Å². The Kier molecular flexibility index (Phi) is 5.57. The first-order valence-corrected chi connectivity index (χ1v) is 10.6. The van der Waals surface area contributed by atoms with Crippen LogP contribution in [-0.4, -0.2) is 34.0 Å². The average Bonchev–Trinajstić information content (AvgIpc) is 3.62. The number of rotatable bonds is 7. The lowest BCUT2D eigenvalue weighted by atomic mass is 10.1. The Morgan fingerprint density at radius 2 is 1.87 bits per heavy atom. The highest BCUT2D eigenvalue weighted by Crippen LogP contribution is 2.35. The van der Waals surface area contributed by atoms with Gasteiger partial charge in [-0.2, -0.15) is 0 Å². The van der Waals surface area contributed by atoms with Crippen molar-refractivity contribution in [3.63, 3.8) is 0 Å². The molecule has 6 nitrogen and oxygen atoms in total. The second kappa shape index (κ2) is 8.30. The summed E-state index contributed by atoms with van der Waals surface area (Å²) in [5.41, 5.74) is 1.11. The number of amides is 1. The molecule has 0 spiro atoms. The number of fused-ring (bicyclic) bond motifs is 1. The molecule has 1 saturated carbocycles. The molecule has 1 heterocycles. The van der Waals surface area contributed by atoms with E-state index in [4.69, 9.17) is 9.72 Å². The summed E-state index contributed by atoms with van der Waals surface area (Å²) in [6, 6.07) is 14.5. The number of methoxy groups -OCH3 is 1. The maximum Gasteiger partial charge on any atom is 0.266 e. The average molecular weight is 405 g/mol. The number of benzene rings is 2. The summed E-state index contributed by atoms with van der Waals surface area (Å²) in [6.45, 7) is 4.58. The zero-order valence-corrected chi connectivity index (χ0v) is 17.7. The third kappa shape index (κ3) is 3.47. The van der Waals surface area contributed by atoms with Crippen molar-refractivity contribution in [3.8, 4) is 11.4 Å². The molecule has 4 rings (SSSR count). The smallest absolute Gasteiger partial charge is 0.266 e. The molecule has 1 aliphatic carbocycles. The van der Waals surface area contributed by atoms with Crippen molar-refractivity contribution >= 4 is 16.8 Å². The summed E-state index contributed by atoms with van der Waals surface area (Å²) in [6.07, 6.45) is 2.54. The lowest BCUT2D eigenvalue weighted by molar-refractivity contribution is -0.135. The van der Waals surface area contributed by atoms with Gasteiger partial charge in [-0.1, -0.05) is 31.2 Å². The van der Waals surface area contributed by atoms with Crippen LogP contribution in [0.3, 0.4) is 0 Å². The van der Waals surface area contributed by atoms with Crippen LogP contribution in [0.4, 0.5) is 0 Å². The highest BCUT2D eigenvalue weighted by atomic mass is 16.5. The van der Waals surface area contributed by atoms with Gasteiger partial charge in [-0.15, -0.1) is 0 Å². The van der Waals surface area contributed by atoms with E-state index in [-0.39, 0.29) is 23.4 Å². The van der Waals surface area contributed by atoms with Crippen LogP contribution in [0.1, 0.15) is 45.0 Å². The molecule has 1 aromatic heterocycles. The minimum atomic E-state index is -0.301. The first kappa shape index (κ1) is 20.1. The largest absolute Gasteiger partial charge is 0.495 e. The number of ether oxygens (including phenoxy) is 1. The number of carbonyl (C=O) groups is 1. The lowest BCUT2D eigenvalue weighted by Crippen LogP contribution is -2.39. The Bertz CT molecular complexity index is 1130. The van der Waals surface area contributed by atoms with Crippen LogP contribution in [0.25, 0.3) is 16.6 Å². The van der Waals surface area contributed by atoms with E-state index in [1.165, 1.54) is 0 Å². The third-order valence-electron chi connectivity index (χ3n) is 5.74. The van der Waals surface area contributed by atoms with E-state index in [1.807, 2.05) is 61.2 Å². The molecule has 0 saturated heterocycles. The van der Waals surface area contributed by atoms with Crippen molar-refractivity contribution in [1.82, 2.24) is 14.5 Å². The number of aromatic nitrogens is 2. The Balaban J connectivity index is 1.99. The van der Waals surface area contributed by atoms with Gasteiger partial charge in [-0.05, 0) is 50.5 Å². The summed E-state index contributed by atoms with van der Waals surface area (Å²) in [7, 11) is 1.59. The number of carbonyl (C=O) groups excluding carboxylic acids is 1. The first-order valence-electron chi connectivity index (χ1n) is 10.6. The molecular formula is C24H27N3O3. The van der Waals surface area contributed by atoms with Gasteiger partial charge >= 0.3 is 0 Å². The van der Waals surface area contributed by atoms with Crippen molar-refractivity contribution in [2.45, 2.75) is 39.2 Å². The van der Waals surface area contributed by atoms with Gasteiger partial charge in [0.1, 0.15) is 11.6 Å². The van der Waals surface area contributed by atoms with Crippen molar-refractivity contribution in [2.75, 3.05) is 13.7 Å². The maximum atomic E-state index is 13.6. The van der Waals surface area contributed by atoms with Gasteiger partial charge < -0.3 is 9.64 Å². The minimum absolute atomic E-state index is 0.103. The SMILES string of the molecule is CCC(c1nc2ccccc2c(=O)n1-c1ccccc1OC)N(CC)C(=O)C1CC1. The number of hydrogen-bond donors (Lipinski definition) is 0. The van der Waals surface area contributed by atoms with Crippen molar-refractivity contribution in [2.24, 2.45) is 5.92 Å².